The van der Waals surface area contributed by atoms with E-state index in [1.54, 1.807) is 4.90 Å². The molecule has 1 atom stereocenters. The van der Waals surface area contributed by atoms with Gasteiger partial charge in [-0.05, 0) is 39.2 Å². The maximum absolute atomic E-state index is 13.2. The molecular formula is C23H26N4O4S. The first kappa shape index (κ1) is 22.0. The molecule has 0 aliphatic carbocycles. The fraction of sp³-hybridized carbons (Fsp3) is 0.391. The fourth-order valence-corrected chi connectivity index (χ4v) is 4.64. The third kappa shape index (κ3) is 4.67. The van der Waals surface area contributed by atoms with Gasteiger partial charge in [-0.3, -0.25) is 15.0 Å². The van der Waals surface area contributed by atoms with Crippen LogP contribution in [0.25, 0.3) is 21.3 Å². The number of likely N-dealkylation sites (tertiary alicyclic amines) is 1. The molecule has 1 saturated heterocycles. The summed E-state index contributed by atoms with van der Waals surface area (Å²) in [6.45, 7) is 6.22. The number of aromatic nitrogens is 2. The highest BCUT2D eigenvalue weighted by molar-refractivity contribution is 7.17. The molecule has 1 N–H and O–H groups in total. The monoisotopic (exact) mass is 454 g/mol. The molecule has 8 nitrogen and oxygen atoms in total. The molecule has 3 aromatic rings. The second kappa shape index (κ2) is 8.74. The smallest absolute Gasteiger partial charge is 0.410 e. The van der Waals surface area contributed by atoms with Gasteiger partial charge < -0.3 is 9.64 Å². The van der Waals surface area contributed by atoms with Crippen molar-refractivity contribution in [2.75, 3.05) is 18.5 Å². The zero-order chi connectivity index (χ0) is 22.9. The van der Waals surface area contributed by atoms with E-state index >= 15 is 0 Å². The Morgan fingerprint density at radius 1 is 1.22 bits per heavy atom. The lowest BCUT2D eigenvalue weighted by atomic mass is 9.98. The zero-order valence-electron chi connectivity index (χ0n) is 18.3. The van der Waals surface area contributed by atoms with E-state index < -0.39 is 17.6 Å². The minimum Gasteiger partial charge on any atom is -0.444 e. The molecule has 0 radical (unpaired) electrons. The highest BCUT2D eigenvalue weighted by Crippen LogP contribution is 2.30. The topological polar surface area (TPSA) is 93.5 Å². The van der Waals surface area contributed by atoms with Crippen LogP contribution in [0.5, 0.6) is 0 Å². The molecule has 1 unspecified atom stereocenters. The van der Waals surface area contributed by atoms with E-state index in [1.165, 1.54) is 17.7 Å². The Kier molecular flexibility index (Phi) is 6.01. The van der Waals surface area contributed by atoms with Crippen molar-refractivity contribution >= 4 is 33.6 Å². The maximum Gasteiger partial charge on any atom is 0.410 e. The molecular weight excluding hydrogens is 428 g/mol. The van der Waals surface area contributed by atoms with Crippen LogP contribution in [0.1, 0.15) is 33.6 Å². The van der Waals surface area contributed by atoms with Crippen LogP contribution in [0.15, 0.2) is 46.8 Å². The average molecular weight is 455 g/mol. The van der Waals surface area contributed by atoms with Crippen LogP contribution in [-0.2, 0) is 9.53 Å². The van der Waals surface area contributed by atoms with E-state index in [-0.39, 0.29) is 18.0 Å². The molecule has 9 heteroatoms. The van der Waals surface area contributed by atoms with Crippen molar-refractivity contribution < 1.29 is 14.3 Å². The second-order valence-corrected chi connectivity index (χ2v) is 9.71. The molecule has 4 rings (SSSR count). The number of hydrogen-bond acceptors (Lipinski definition) is 6. The number of ether oxygens (including phenoxy) is 1. The number of benzene rings is 1. The first-order valence-corrected chi connectivity index (χ1v) is 11.4. The Morgan fingerprint density at radius 3 is 2.69 bits per heavy atom. The number of thiophene rings is 1. The van der Waals surface area contributed by atoms with Crippen molar-refractivity contribution in [1.29, 1.82) is 0 Å². The number of rotatable bonds is 3. The van der Waals surface area contributed by atoms with Crippen molar-refractivity contribution in [3.8, 4) is 11.1 Å². The van der Waals surface area contributed by atoms with Crippen LogP contribution >= 0.6 is 11.3 Å². The summed E-state index contributed by atoms with van der Waals surface area (Å²) < 4.78 is 6.56. The van der Waals surface area contributed by atoms with E-state index in [0.717, 1.165) is 15.8 Å². The normalized spacial score (nSPS) is 16.7. The van der Waals surface area contributed by atoms with Gasteiger partial charge in [0.2, 0.25) is 5.91 Å². The lowest BCUT2D eigenvalue weighted by molar-refractivity contribution is -0.122. The summed E-state index contributed by atoms with van der Waals surface area (Å²) in [6.07, 6.45) is 2.22. The molecule has 0 spiro atoms. The van der Waals surface area contributed by atoms with Gasteiger partial charge >= 0.3 is 6.09 Å². The largest absolute Gasteiger partial charge is 0.444 e. The highest BCUT2D eigenvalue weighted by atomic mass is 32.1. The van der Waals surface area contributed by atoms with Gasteiger partial charge in [0.1, 0.15) is 16.8 Å². The molecule has 0 bridgehead atoms. The van der Waals surface area contributed by atoms with E-state index in [1.807, 2.05) is 56.5 Å². The molecule has 0 saturated carbocycles. The maximum atomic E-state index is 13.2. The van der Waals surface area contributed by atoms with Crippen molar-refractivity contribution in [1.82, 2.24) is 14.6 Å². The molecule has 1 aliphatic rings. The number of carbonyl (C=O) groups excluding carboxylic acids is 2. The number of nitrogens with zero attached hydrogens (tertiary/aromatic N) is 3. The third-order valence-corrected chi connectivity index (χ3v) is 6.14. The van der Waals surface area contributed by atoms with Crippen LogP contribution in [-0.4, -0.2) is 45.3 Å². The van der Waals surface area contributed by atoms with Crippen LogP contribution < -0.4 is 11.0 Å². The number of piperidine rings is 1. The SMILES string of the molecule is CC(C)(C)OC(=O)N1CCCC(C(=O)Nn2cnc3scc(-c4ccccc4)c3c2=O)C1. The van der Waals surface area contributed by atoms with Crippen molar-refractivity contribution in [2.45, 2.75) is 39.2 Å². The number of nitrogens with one attached hydrogen (secondary N) is 1. The van der Waals surface area contributed by atoms with Gasteiger partial charge in [0.05, 0.1) is 11.3 Å². The Labute approximate surface area is 189 Å². The third-order valence-electron chi connectivity index (χ3n) is 5.25. The van der Waals surface area contributed by atoms with Gasteiger partial charge in [0.25, 0.3) is 5.56 Å². The van der Waals surface area contributed by atoms with Crippen molar-refractivity contribution in [2.24, 2.45) is 5.92 Å². The number of hydrogen-bond donors (Lipinski definition) is 1. The standard InChI is InChI=1S/C23H26N4O4S/c1-23(2,3)31-22(30)26-11-7-10-16(12-26)19(28)25-27-14-24-20-18(21(27)29)17(13-32-20)15-8-5-4-6-9-15/h4-6,8-9,13-14,16H,7,10-12H2,1-3H3,(H,25,28). The molecule has 168 valence electrons. The Bertz CT molecular complexity index is 1200. The molecule has 1 fully saturated rings. The van der Waals surface area contributed by atoms with E-state index in [2.05, 4.69) is 10.4 Å². The molecule has 2 amide bonds. The minimum absolute atomic E-state index is 0.249. The number of fused-ring (bicyclic) bond motifs is 1. The molecule has 32 heavy (non-hydrogen) atoms. The number of carbonyl (C=O) groups is 2. The van der Waals surface area contributed by atoms with Crippen LogP contribution in [0.2, 0.25) is 0 Å². The first-order chi connectivity index (χ1) is 15.2. The summed E-state index contributed by atoms with van der Waals surface area (Å²) in [4.78, 5) is 45.0. The first-order valence-electron chi connectivity index (χ1n) is 10.6. The van der Waals surface area contributed by atoms with Gasteiger partial charge in [0, 0.05) is 24.0 Å². The summed E-state index contributed by atoms with van der Waals surface area (Å²) in [5, 5.41) is 2.38. The van der Waals surface area contributed by atoms with Crippen LogP contribution in [0.4, 0.5) is 4.79 Å². The Balaban J connectivity index is 1.53. The quantitative estimate of drug-likeness (QED) is 0.649. The molecule has 3 heterocycles. The lowest BCUT2D eigenvalue weighted by Crippen LogP contribution is -2.47. The summed E-state index contributed by atoms with van der Waals surface area (Å²) in [7, 11) is 0. The van der Waals surface area contributed by atoms with E-state index in [0.29, 0.717) is 29.6 Å². The Hall–Kier alpha value is -3.20. The van der Waals surface area contributed by atoms with Gasteiger partial charge in [-0.25, -0.2) is 14.5 Å². The van der Waals surface area contributed by atoms with Gasteiger partial charge in [-0.2, -0.15) is 0 Å². The minimum atomic E-state index is -0.600. The van der Waals surface area contributed by atoms with Gasteiger partial charge in [0.15, 0.2) is 0 Å². The van der Waals surface area contributed by atoms with Gasteiger partial charge in [-0.15, -0.1) is 11.3 Å². The fourth-order valence-electron chi connectivity index (χ4n) is 3.74. The second-order valence-electron chi connectivity index (χ2n) is 8.86. The van der Waals surface area contributed by atoms with Crippen molar-refractivity contribution in [3.05, 3.63) is 52.4 Å². The van der Waals surface area contributed by atoms with E-state index in [4.69, 9.17) is 4.74 Å². The zero-order valence-corrected chi connectivity index (χ0v) is 19.1. The summed E-state index contributed by atoms with van der Waals surface area (Å²) in [5.41, 5.74) is 3.46. The highest BCUT2D eigenvalue weighted by Gasteiger charge is 2.31. The Morgan fingerprint density at radius 2 is 1.97 bits per heavy atom. The molecule has 1 aromatic carbocycles. The van der Waals surface area contributed by atoms with Crippen LogP contribution in [0.3, 0.4) is 0 Å². The predicted molar refractivity (Wildman–Crippen MR) is 124 cm³/mol. The van der Waals surface area contributed by atoms with Crippen molar-refractivity contribution in [3.63, 3.8) is 0 Å². The molecule has 1 aliphatic heterocycles. The summed E-state index contributed by atoms with van der Waals surface area (Å²) in [6, 6.07) is 9.61. The lowest BCUT2D eigenvalue weighted by Gasteiger charge is -2.33. The molecule has 2 aromatic heterocycles. The average Bonchev–Trinajstić information content (AvgIpc) is 3.20. The predicted octanol–water partition coefficient (Wildman–Crippen LogP) is 3.84. The number of amides is 2. The van der Waals surface area contributed by atoms with Gasteiger partial charge in [-0.1, -0.05) is 30.3 Å². The summed E-state index contributed by atoms with van der Waals surface area (Å²) in [5.74, 6) is -0.757. The van der Waals surface area contributed by atoms with E-state index in [9.17, 15) is 14.4 Å². The van der Waals surface area contributed by atoms with Crippen LogP contribution in [0, 0.1) is 5.92 Å². The summed E-state index contributed by atoms with van der Waals surface area (Å²) >= 11 is 1.39.